The average Bonchev–Trinajstić information content (AvgIpc) is 2.34. The van der Waals surface area contributed by atoms with Crippen LogP contribution in [-0.4, -0.2) is 32.6 Å². The van der Waals surface area contributed by atoms with Crippen molar-refractivity contribution < 1.29 is 9.53 Å². The van der Waals surface area contributed by atoms with Crippen molar-refractivity contribution in [1.29, 1.82) is 0 Å². The second kappa shape index (κ2) is 7.17. The zero-order valence-electron chi connectivity index (χ0n) is 11.8. The number of nitrogens with zero attached hydrogens (tertiary/aromatic N) is 1. The van der Waals surface area contributed by atoms with Crippen molar-refractivity contribution in [1.82, 2.24) is 0 Å². The Morgan fingerprint density at radius 1 is 1.28 bits per heavy atom. The summed E-state index contributed by atoms with van der Waals surface area (Å²) in [6, 6.07) is 7.79. The molecule has 0 aliphatic heterocycles. The molecule has 0 N–H and O–H groups in total. The summed E-state index contributed by atoms with van der Waals surface area (Å²) in [6.07, 6.45) is 0. The summed E-state index contributed by atoms with van der Waals surface area (Å²) in [5, 5.41) is 0. The fourth-order valence-electron chi connectivity index (χ4n) is 1.88. The Hall–Kier alpha value is -1.35. The van der Waals surface area contributed by atoms with Gasteiger partial charge in [-0.3, -0.25) is 4.79 Å². The maximum absolute atomic E-state index is 11.2. The average molecular weight is 249 g/mol. The quantitative estimate of drug-likeness (QED) is 0.696. The van der Waals surface area contributed by atoms with E-state index in [1.165, 1.54) is 0 Å². The molecule has 0 heterocycles. The minimum Gasteiger partial charge on any atom is -0.383 e. The first-order valence-corrected chi connectivity index (χ1v) is 6.39. The second-order valence-electron chi connectivity index (χ2n) is 4.94. The zero-order valence-corrected chi connectivity index (χ0v) is 11.8. The van der Waals surface area contributed by atoms with Gasteiger partial charge in [0.15, 0.2) is 5.78 Å². The van der Waals surface area contributed by atoms with Crippen molar-refractivity contribution in [2.45, 2.75) is 20.8 Å². The molecule has 1 aromatic carbocycles. The summed E-state index contributed by atoms with van der Waals surface area (Å²) in [4.78, 5) is 13.5. The van der Waals surface area contributed by atoms with Crippen molar-refractivity contribution in [3.8, 4) is 0 Å². The summed E-state index contributed by atoms with van der Waals surface area (Å²) >= 11 is 0. The van der Waals surface area contributed by atoms with Gasteiger partial charge in [0.2, 0.25) is 0 Å². The number of ketones is 1. The molecule has 100 valence electrons. The highest BCUT2D eigenvalue weighted by molar-refractivity contribution is 5.94. The molecule has 0 saturated heterocycles. The molecule has 0 amide bonds. The highest BCUT2D eigenvalue weighted by atomic mass is 16.5. The van der Waals surface area contributed by atoms with Gasteiger partial charge in [0, 0.05) is 31.5 Å². The van der Waals surface area contributed by atoms with Crippen LogP contribution in [0.25, 0.3) is 0 Å². The number of carbonyl (C=O) groups is 1. The van der Waals surface area contributed by atoms with E-state index in [-0.39, 0.29) is 5.78 Å². The summed E-state index contributed by atoms with van der Waals surface area (Å²) < 4.78 is 5.14. The lowest BCUT2D eigenvalue weighted by Crippen LogP contribution is -2.30. The van der Waals surface area contributed by atoms with Crippen LogP contribution in [0.1, 0.15) is 31.1 Å². The first-order valence-electron chi connectivity index (χ1n) is 6.39. The molecule has 3 heteroatoms. The topological polar surface area (TPSA) is 29.5 Å². The first-order chi connectivity index (χ1) is 8.54. The third-order valence-electron chi connectivity index (χ3n) is 2.79. The maximum Gasteiger partial charge on any atom is 0.159 e. The predicted octanol–water partition coefficient (Wildman–Crippen LogP) is 3.00. The van der Waals surface area contributed by atoms with Crippen LogP contribution in [0.2, 0.25) is 0 Å². The molecule has 0 radical (unpaired) electrons. The van der Waals surface area contributed by atoms with E-state index in [1.807, 2.05) is 24.3 Å². The number of benzene rings is 1. The van der Waals surface area contributed by atoms with Crippen LogP contribution in [0, 0.1) is 5.92 Å². The molecular formula is C15H23NO2. The lowest BCUT2D eigenvalue weighted by molar-refractivity contribution is 0.101. The van der Waals surface area contributed by atoms with Crippen LogP contribution in [0.3, 0.4) is 0 Å². The van der Waals surface area contributed by atoms with Crippen LogP contribution in [-0.2, 0) is 4.74 Å². The van der Waals surface area contributed by atoms with Gasteiger partial charge in [0.25, 0.3) is 0 Å². The standard InChI is InChI=1S/C15H23NO2/c1-12(2)11-16(9-10-18-4)15-7-5-14(6-8-15)13(3)17/h5-8,12H,9-11H2,1-4H3. The van der Waals surface area contributed by atoms with Crippen molar-refractivity contribution >= 4 is 11.5 Å². The maximum atomic E-state index is 11.2. The Labute approximate surface area is 110 Å². The van der Waals surface area contributed by atoms with Crippen LogP contribution in [0.5, 0.6) is 0 Å². The highest BCUT2D eigenvalue weighted by Gasteiger charge is 2.09. The number of anilines is 1. The zero-order chi connectivity index (χ0) is 13.5. The number of hydrogen-bond acceptors (Lipinski definition) is 3. The van der Waals surface area contributed by atoms with Crippen LogP contribution >= 0.6 is 0 Å². The van der Waals surface area contributed by atoms with E-state index in [9.17, 15) is 4.79 Å². The van der Waals surface area contributed by atoms with Crippen molar-refractivity contribution in [3.63, 3.8) is 0 Å². The van der Waals surface area contributed by atoms with E-state index in [1.54, 1.807) is 14.0 Å². The van der Waals surface area contributed by atoms with Gasteiger partial charge in [-0.15, -0.1) is 0 Å². The Morgan fingerprint density at radius 2 is 1.89 bits per heavy atom. The SMILES string of the molecule is COCCN(CC(C)C)c1ccc(C(C)=O)cc1. The number of methoxy groups -OCH3 is 1. The third kappa shape index (κ3) is 4.49. The molecule has 3 nitrogen and oxygen atoms in total. The molecule has 0 unspecified atom stereocenters. The van der Waals surface area contributed by atoms with Crippen LogP contribution < -0.4 is 4.90 Å². The summed E-state index contributed by atoms with van der Waals surface area (Å²) in [5.41, 5.74) is 1.90. The molecule has 1 aromatic rings. The van der Waals surface area contributed by atoms with Crippen molar-refractivity contribution in [2.75, 3.05) is 31.7 Å². The molecule has 0 atom stereocenters. The Bertz CT molecular complexity index is 371. The van der Waals surface area contributed by atoms with Gasteiger partial charge in [0.1, 0.15) is 0 Å². The first kappa shape index (κ1) is 14.7. The van der Waals surface area contributed by atoms with Crippen molar-refractivity contribution in [3.05, 3.63) is 29.8 Å². The lowest BCUT2D eigenvalue weighted by atomic mass is 10.1. The van der Waals surface area contributed by atoms with Gasteiger partial charge in [-0.05, 0) is 37.1 Å². The van der Waals surface area contributed by atoms with Crippen molar-refractivity contribution in [2.24, 2.45) is 5.92 Å². The van der Waals surface area contributed by atoms with Gasteiger partial charge in [-0.1, -0.05) is 13.8 Å². The molecule has 0 spiro atoms. The van der Waals surface area contributed by atoms with E-state index in [2.05, 4.69) is 18.7 Å². The molecule has 0 aliphatic carbocycles. The number of Topliss-reactive ketones (excluding diaryl/α,β-unsaturated/α-hetero) is 1. The van der Waals surface area contributed by atoms with Gasteiger partial charge in [0.05, 0.1) is 6.61 Å². The molecule has 0 bridgehead atoms. The molecule has 1 rings (SSSR count). The second-order valence-corrected chi connectivity index (χ2v) is 4.94. The van der Waals surface area contributed by atoms with E-state index in [0.29, 0.717) is 12.5 Å². The van der Waals surface area contributed by atoms with Crippen LogP contribution in [0.4, 0.5) is 5.69 Å². The summed E-state index contributed by atoms with van der Waals surface area (Å²) in [5.74, 6) is 0.697. The third-order valence-corrected chi connectivity index (χ3v) is 2.79. The fourth-order valence-corrected chi connectivity index (χ4v) is 1.88. The van der Waals surface area contributed by atoms with Gasteiger partial charge in [-0.2, -0.15) is 0 Å². The molecular weight excluding hydrogens is 226 g/mol. The molecule has 0 saturated carbocycles. The smallest absolute Gasteiger partial charge is 0.159 e. The van der Waals surface area contributed by atoms with E-state index >= 15 is 0 Å². The molecule has 0 aliphatic rings. The highest BCUT2D eigenvalue weighted by Crippen LogP contribution is 2.17. The minimum absolute atomic E-state index is 0.105. The van der Waals surface area contributed by atoms with Gasteiger partial charge >= 0.3 is 0 Å². The van der Waals surface area contributed by atoms with E-state index < -0.39 is 0 Å². The molecule has 0 aromatic heterocycles. The Balaban J connectivity index is 2.80. The Kier molecular flexibility index (Phi) is 5.86. The predicted molar refractivity (Wildman–Crippen MR) is 75.4 cm³/mol. The fraction of sp³-hybridized carbons (Fsp3) is 0.533. The number of rotatable bonds is 7. The molecule has 0 fully saturated rings. The Morgan fingerprint density at radius 3 is 2.33 bits per heavy atom. The number of hydrogen-bond donors (Lipinski definition) is 0. The number of carbonyl (C=O) groups excluding carboxylic acids is 1. The van der Waals surface area contributed by atoms with Gasteiger partial charge in [-0.25, -0.2) is 0 Å². The summed E-state index contributed by atoms with van der Waals surface area (Å²) in [6.45, 7) is 8.55. The largest absolute Gasteiger partial charge is 0.383 e. The molecule has 18 heavy (non-hydrogen) atoms. The van der Waals surface area contributed by atoms with Gasteiger partial charge < -0.3 is 9.64 Å². The monoisotopic (exact) mass is 249 g/mol. The van der Waals surface area contributed by atoms with E-state index in [4.69, 9.17) is 4.74 Å². The number of ether oxygens (including phenoxy) is 1. The van der Waals surface area contributed by atoms with E-state index in [0.717, 1.165) is 24.3 Å². The minimum atomic E-state index is 0.105. The lowest BCUT2D eigenvalue weighted by Gasteiger charge is -2.26. The van der Waals surface area contributed by atoms with Crippen LogP contribution in [0.15, 0.2) is 24.3 Å². The summed E-state index contributed by atoms with van der Waals surface area (Å²) in [7, 11) is 1.71. The normalized spacial score (nSPS) is 10.7.